The second-order valence-corrected chi connectivity index (χ2v) is 5.35. The molecule has 0 radical (unpaired) electrons. The van der Waals surface area contributed by atoms with Crippen LogP contribution >= 0.6 is 0 Å². The lowest BCUT2D eigenvalue weighted by atomic mass is 10.0. The number of carbonyl (C=O) groups excluding carboxylic acids is 1. The molecule has 1 N–H and O–H groups in total. The first-order valence-electron chi connectivity index (χ1n) is 6.63. The molecular weight excluding hydrogens is 236 g/mol. The smallest absolute Gasteiger partial charge is 0.228 e. The molecular formula is C16H14N2O. The van der Waals surface area contributed by atoms with Crippen LogP contribution in [0.15, 0.2) is 48.8 Å². The molecule has 1 fully saturated rings. The molecule has 3 unspecified atom stereocenters. The molecule has 3 nitrogen and oxygen atoms in total. The molecule has 0 bridgehead atoms. The van der Waals surface area contributed by atoms with E-state index in [1.807, 2.05) is 12.1 Å². The molecule has 2 aromatic rings. The first-order valence-corrected chi connectivity index (χ1v) is 6.63. The molecule has 0 spiro atoms. The van der Waals surface area contributed by atoms with Crippen molar-refractivity contribution in [3.8, 4) is 0 Å². The zero-order chi connectivity index (χ0) is 12.8. The van der Waals surface area contributed by atoms with Gasteiger partial charge in [-0.3, -0.25) is 9.78 Å². The monoisotopic (exact) mass is 250 g/mol. The van der Waals surface area contributed by atoms with Crippen LogP contribution < -0.4 is 5.32 Å². The Balaban J connectivity index is 1.51. The Morgan fingerprint density at radius 2 is 2.11 bits per heavy atom. The summed E-state index contributed by atoms with van der Waals surface area (Å²) in [5, 5.41) is 2.96. The van der Waals surface area contributed by atoms with Crippen molar-refractivity contribution in [2.75, 3.05) is 5.32 Å². The van der Waals surface area contributed by atoms with Crippen molar-refractivity contribution in [2.24, 2.45) is 11.8 Å². The molecule has 19 heavy (non-hydrogen) atoms. The summed E-state index contributed by atoms with van der Waals surface area (Å²) >= 11 is 0. The van der Waals surface area contributed by atoms with Crippen molar-refractivity contribution in [3.05, 3.63) is 59.9 Å². The van der Waals surface area contributed by atoms with Crippen LogP contribution in [0.25, 0.3) is 0 Å². The number of nitrogens with zero attached hydrogens (tertiary/aromatic N) is 1. The van der Waals surface area contributed by atoms with Crippen LogP contribution in [0.2, 0.25) is 0 Å². The predicted octanol–water partition coefficient (Wildman–Crippen LogP) is 2.61. The minimum atomic E-state index is 0.137. The molecule has 3 atom stereocenters. The highest BCUT2D eigenvalue weighted by Gasteiger charge is 2.59. The fourth-order valence-corrected chi connectivity index (χ4v) is 3.37. The normalized spacial score (nSPS) is 26.4. The van der Waals surface area contributed by atoms with Gasteiger partial charge in [0.25, 0.3) is 0 Å². The number of hydrogen-bond donors (Lipinski definition) is 1. The quantitative estimate of drug-likeness (QED) is 0.890. The van der Waals surface area contributed by atoms with E-state index in [1.54, 1.807) is 12.4 Å². The van der Waals surface area contributed by atoms with Gasteiger partial charge in [0.2, 0.25) is 5.91 Å². The summed E-state index contributed by atoms with van der Waals surface area (Å²) in [6.07, 6.45) is 4.44. The first kappa shape index (κ1) is 10.7. The highest BCUT2D eigenvalue weighted by atomic mass is 16.2. The molecule has 3 heteroatoms. The largest absolute Gasteiger partial charge is 0.324 e. The van der Waals surface area contributed by atoms with Gasteiger partial charge in [0, 0.05) is 12.1 Å². The van der Waals surface area contributed by atoms with Gasteiger partial charge in [0.1, 0.15) is 0 Å². The molecule has 94 valence electrons. The summed E-state index contributed by atoms with van der Waals surface area (Å²) in [4.78, 5) is 16.3. The molecule has 1 aromatic carbocycles. The van der Waals surface area contributed by atoms with Gasteiger partial charge in [0.15, 0.2) is 0 Å². The zero-order valence-electron chi connectivity index (χ0n) is 10.4. The fourth-order valence-electron chi connectivity index (χ4n) is 3.37. The molecule has 1 saturated carbocycles. The van der Waals surface area contributed by atoms with Crippen molar-refractivity contribution in [1.82, 2.24) is 4.98 Å². The number of amides is 1. The number of hydrogen-bond acceptors (Lipinski definition) is 2. The Hall–Kier alpha value is -2.16. The standard InChI is InChI=1S/C16H14N2O/c19-16(18-11-5-3-7-17-9-11)15-13-8-10-4-1-2-6-12(10)14(13)15/h1-7,9,13-15H,8H2,(H,18,19). The summed E-state index contributed by atoms with van der Waals surface area (Å²) < 4.78 is 0. The average molecular weight is 250 g/mol. The van der Waals surface area contributed by atoms with Crippen LogP contribution in [-0.2, 0) is 11.2 Å². The summed E-state index contributed by atoms with van der Waals surface area (Å²) in [7, 11) is 0. The summed E-state index contributed by atoms with van der Waals surface area (Å²) in [6, 6.07) is 12.2. The Kier molecular flexibility index (Phi) is 2.21. The van der Waals surface area contributed by atoms with Crippen molar-refractivity contribution in [2.45, 2.75) is 12.3 Å². The van der Waals surface area contributed by atoms with Gasteiger partial charge in [-0.15, -0.1) is 0 Å². The second-order valence-electron chi connectivity index (χ2n) is 5.35. The van der Waals surface area contributed by atoms with Crippen molar-refractivity contribution in [3.63, 3.8) is 0 Å². The van der Waals surface area contributed by atoms with Gasteiger partial charge in [-0.1, -0.05) is 24.3 Å². The molecule has 0 aliphatic heterocycles. The van der Waals surface area contributed by atoms with Crippen LogP contribution in [0.4, 0.5) is 5.69 Å². The number of pyridine rings is 1. The Bertz CT molecular complexity index is 638. The third kappa shape index (κ3) is 1.65. The van der Waals surface area contributed by atoms with Crippen LogP contribution in [-0.4, -0.2) is 10.9 Å². The highest BCUT2D eigenvalue weighted by Crippen LogP contribution is 2.61. The molecule has 1 amide bonds. The molecule has 1 heterocycles. The summed E-state index contributed by atoms with van der Waals surface area (Å²) in [5.74, 6) is 1.23. The Labute approximate surface area is 111 Å². The summed E-state index contributed by atoms with van der Waals surface area (Å²) in [6.45, 7) is 0. The minimum Gasteiger partial charge on any atom is -0.324 e. The number of nitrogens with one attached hydrogen (secondary N) is 1. The van der Waals surface area contributed by atoms with Gasteiger partial charge in [-0.2, -0.15) is 0 Å². The number of rotatable bonds is 2. The van der Waals surface area contributed by atoms with Crippen LogP contribution in [0.1, 0.15) is 17.0 Å². The zero-order valence-corrected chi connectivity index (χ0v) is 10.4. The van der Waals surface area contributed by atoms with Crippen molar-refractivity contribution in [1.29, 1.82) is 0 Å². The minimum absolute atomic E-state index is 0.137. The third-order valence-electron chi connectivity index (χ3n) is 4.27. The molecule has 0 saturated heterocycles. The predicted molar refractivity (Wildman–Crippen MR) is 72.7 cm³/mol. The lowest BCUT2D eigenvalue weighted by Crippen LogP contribution is -2.17. The highest BCUT2D eigenvalue weighted by molar-refractivity contribution is 5.96. The maximum absolute atomic E-state index is 12.3. The average Bonchev–Trinajstić information content (AvgIpc) is 3.03. The fraction of sp³-hybridized carbons (Fsp3) is 0.250. The van der Waals surface area contributed by atoms with Crippen LogP contribution in [0.3, 0.4) is 0 Å². The molecule has 2 aliphatic rings. The van der Waals surface area contributed by atoms with Crippen molar-refractivity contribution < 1.29 is 4.79 Å². The van der Waals surface area contributed by atoms with E-state index in [9.17, 15) is 4.79 Å². The molecule has 4 rings (SSSR count). The van der Waals surface area contributed by atoms with Crippen LogP contribution in [0.5, 0.6) is 0 Å². The second kappa shape index (κ2) is 3.92. The van der Waals surface area contributed by atoms with Gasteiger partial charge in [-0.05, 0) is 41.5 Å². The maximum atomic E-state index is 12.3. The SMILES string of the molecule is O=C(Nc1cccnc1)C1C2Cc3ccccc3C21. The van der Waals surface area contributed by atoms with Gasteiger partial charge < -0.3 is 5.32 Å². The number of fused-ring (bicyclic) bond motifs is 3. The lowest BCUT2D eigenvalue weighted by Gasteiger charge is -2.08. The van der Waals surface area contributed by atoms with Crippen molar-refractivity contribution >= 4 is 11.6 Å². The van der Waals surface area contributed by atoms with E-state index in [-0.39, 0.29) is 11.8 Å². The lowest BCUT2D eigenvalue weighted by molar-refractivity contribution is -0.117. The number of carbonyl (C=O) groups is 1. The van der Waals surface area contributed by atoms with E-state index >= 15 is 0 Å². The van der Waals surface area contributed by atoms with Crippen LogP contribution in [0, 0.1) is 11.8 Å². The molecule has 1 aromatic heterocycles. The maximum Gasteiger partial charge on any atom is 0.228 e. The molecule has 2 aliphatic carbocycles. The third-order valence-corrected chi connectivity index (χ3v) is 4.27. The summed E-state index contributed by atoms with van der Waals surface area (Å²) in [5.41, 5.74) is 3.58. The van der Waals surface area contributed by atoms with E-state index in [1.165, 1.54) is 11.1 Å². The Morgan fingerprint density at radius 1 is 1.21 bits per heavy atom. The van der Waals surface area contributed by atoms with E-state index in [2.05, 4.69) is 34.6 Å². The number of benzene rings is 1. The van der Waals surface area contributed by atoms with E-state index in [0.717, 1.165) is 12.1 Å². The first-order chi connectivity index (χ1) is 9.34. The van der Waals surface area contributed by atoms with E-state index in [4.69, 9.17) is 0 Å². The number of anilines is 1. The number of aromatic nitrogens is 1. The van der Waals surface area contributed by atoms with Gasteiger partial charge in [0.05, 0.1) is 11.9 Å². The van der Waals surface area contributed by atoms with Gasteiger partial charge in [-0.25, -0.2) is 0 Å². The van der Waals surface area contributed by atoms with Gasteiger partial charge >= 0.3 is 0 Å². The topological polar surface area (TPSA) is 42.0 Å². The Morgan fingerprint density at radius 3 is 2.95 bits per heavy atom. The van der Waals surface area contributed by atoms with E-state index < -0.39 is 0 Å². The van der Waals surface area contributed by atoms with E-state index in [0.29, 0.717) is 11.8 Å².